The SMILES string of the molecule is CNc1ccc(C(=O)Nc2nc(C)ns2)c(C)c1. The van der Waals surface area contributed by atoms with Crippen molar-refractivity contribution in [1.29, 1.82) is 0 Å². The molecule has 2 rings (SSSR count). The molecule has 0 radical (unpaired) electrons. The lowest BCUT2D eigenvalue weighted by molar-refractivity contribution is 0.102. The molecule has 0 atom stereocenters. The van der Waals surface area contributed by atoms with Crippen LogP contribution in [0, 0.1) is 13.8 Å². The zero-order chi connectivity index (χ0) is 13.1. The lowest BCUT2D eigenvalue weighted by Crippen LogP contribution is -2.13. The van der Waals surface area contributed by atoms with Gasteiger partial charge < -0.3 is 5.32 Å². The number of hydrogen-bond donors (Lipinski definition) is 2. The van der Waals surface area contributed by atoms with Crippen molar-refractivity contribution >= 4 is 28.3 Å². The number of amides is 1. The zero-order valence-corrected chi connectivity index (χ0v) is 11.3. The molecule has 0 saturated heterocycles. The minimum absolute atomic E-state index is 0.161. The van der Waals surface area contributed by atoms with Crippen molar-refractivity contribution < 1.29 is 4.79 Å². The molecule has 5 nitrogen and oxygen atoms in total. The summed E-state index contributed by atoms with van der Waals surface area (Å²) in [6.07, 6.45) is 0. The molecule has 6 heteroatoms. The minimum Gasteiger partial charge on any atom is -0.388 e. The first-order chi connectivity index (χ1) is 8.60. The zero-order valence-electron chi connectivity index (χ0n) is 10.4. The molecule has 0 aliphatic rings. The molecule has 1 aromatic carbocycles. The Balaban J connectivity index is 2.18. The van der Waals surface area contributed by atoms with Crippen LogP contribution in [0.5, 0.6) is 0 Å². The van der Waals surface area contributed by atoms with E-state index in [2.05, 4.69) is 20.0 Å². The summed E-state index contributed by atoms with van der Waals surface area (Å²) in [7, 11) is 1.85. The van der Waals surface area contributed by atoms with E-state index >= 15 is 0 Å². The second-order valence-electron chi connectivity index (χ2n) is 3.88. The molecular formula is C12H14N4OS. The fourth-order valence-corrected chi connectivity index (χ4v) is 2.16. The second-order valence-corrected chi connectivity index (χ2v) is 4.63. The molecule has 18 heavy (non-hydrogen) atoms. The van der Waals surface area contributed by atoms with Gasteiger partial charge >= 0.3 is 0 Å². The van der Waals surface area contributed by atoms with Crippen LogP contribution in [0.3, 0.4) is 0 Å². The van der Waals surface area contributed by atoms with E-state index in [0.29, 0.717) is 16.5 Å². The van der Waals surface area contributed by atoms with Crippen molar-refractivity contribution in [3.63, 3.8) is 0 Å². The Morgan fingerprint density at radius 3 is 2.67 bits per heavy atom. The normalized spacial score (nSPS) is 10.2. The standard InChI is InChI=1S/C12H14N4OS/c1-7-6-9(13-3)4-5-10(7)11(17)15-12-14-8(2)16-18-12/h4-6,13H,1-3H3,(H,14,15,16,17). The molecule has 0 spiro atoms. The van der Waals surface area contributed by atoms with Crippen molar-refractivity contribution in [3.05, 3.63) is 35.2 Å². The van der Waals surface area contributed by atoms with Crippen molar-refractivity contribution in [2.75, 3.05) is 17.7 Å². The summed E-state index contributed by atoms with van der Waals surface area (Å²) in [4.78, 5) is 16.2. The van der Waals surface area contributed by atoms with Gasteiger partial charge in [-0.25, -0.2) is 4.98 Å². The van der Waals surface area contributed by atoms with Crippen molar-refractivity contribution in [2.24, 2.45) is 0 Å². The highest BCUT2D eigenvalue weighted by molar-refractivity contribution is 7.09. The Morgan fingerprint density at radius 1 is 1.33 bits per heavy atom. The van der Waals surface area contributed by atoms with Crippen LogP contribution in [0.2, 0.25) is 0 Å². The average Bonchev–Trinajstić information content (AvgIpc) is 2.74. The predicted octanol–water partition coefficient (Wildman–Crippen LogP) is 2.45. The van der Waals surface area contributed by atoms with Crippen LogP contribution in [0.1, 0.15) is 21.7 Å². The Hall–Kier alpha value is -1.95. The fourth-order valence-electron chi connectivity index (χ4n) is 1.59. The summed E-state index contributed by atoms with van der Waals surface area (Å²) in [6, 6.07) is 5.60. The van der Waals surface area contributed by atoms with Crippen LogP contribution in [-0.4, -0.2) is 22.3 Å². The number of anilines is 2. The van der Waals surface area contributed by atoms with E-state index in [1.807, 2.05) is 26.1 Å². The third-order valence-electron chi connectivity index (χ3n) is 2.51. The van der Waals surface area contributed by atoms with Gasteiger partial charge in [-0.3, -0.25) is 10.1 Å². The number of aromatic nitrogens is 2. The number of aryl methyl sites for hydroxylation is 2. The highest BCUT2D eigenvalue weighted by Gasteiger charge is 2.11. The minimum atomic E-state index is -0.161. The van der Waals surface area contributed by atoms with Crippen LogP contribution < -0.4 is 10.6 Å². The van der Waals surface area contributed by atoms with Gasteiger partial charge in [-0.1, -0.05) is 0 Å². The van der Waals surface area contributed by atoms with Gasteiger partial charge in [0.15, 0.2) is 0 Å². The molecule has 0 bridgehead atoms. The monoisotopic (exact) mass is 262 g/mol. The third kappa shape index (κ3) is 2.65. The van der Waals surface area contributed by atoms with Gasteiger partial charge in [-0.2, -0.15) is 4.37 Å². The molecule has 94 valence electrons. The number of nitrogens with zero attached hydrogens (tertiary/aromatic N) is 2. The van der Waals surface area contributed by atoms with E-state index in [9.17, 15) is 4.79 Å². The van der Waals surface area contributed by atoms with E-state index in [1.54, 1.807) is 13.0 Å². The van der Waals surface area contributed by atoms with Crippen molar-refractivity contribution in [1.82, 2.24) is 9.36 Å². The first kappa shape index (κ1) is 12.5. The Morgan fingerprint density at radius 2 is 2.11 bits per heavy atom. The Labute approximate surface area is 109 Å². The highest BCUT2D eigenvalue weighted by Crippen LogP contribution is 2.17. The van der Waals surface area contributed by atoms with E-state index in [-0.39, 0.29) is 5.91 Å². The number of nitrogens with one attached hydrogen (secondary N) is 2. The van der Waals surface area contributed by atoms with Gasteiger partial charge in [0, 0.05) is 29.8 Å². The summed E-state index contributed by atoms with van der Waals surface area (Å²) >= 11 is 1.18. The van der Waals surface area contributed by atoms with Crippen LogP contribution in [0.4, 0.5) is 10.8 Å². The maximum atomic E-state index is 12.1. The molecule has 0 unspecified atom stereocenters. The third-order valence-corrected chi connectivity index (χ3v) is 3.23. The molecule has 0 aliphatic carbocycles. The number of carbonyl (C=O) groups is 1. The largest absolute Gasteiger partial charge is 0.388 e. The summed E-state index contributed by atoms with van der Waals surface area (Å²) in [5, 5.41) is 6.30. The first-order valence-corrected chi connectivity index (χ1v) is 6.27. The van der Waals surface area contributed by atoms with Gasteiger partial charge in [0.25, 0.3) is 5.91 Å². The van der Waals surface area contributed by atoms with Crippen LogP contribution in [0.25, 0.3) is 0 Å². The molecule has 0 aliphatic heterocycles. The van der Waals surface area contributed by atoms with Crippen LogP contribution >= 0.6 is 11.5 Å². The topological polar surface area (TPSA) is 66.9 Å². The van der Waals surface area contributed by atoms with Gasteiger partial charge in [0.2, 0.25) is 5.13 Å². The first-order valence-electron chi connectivity index (χ1n) is 5.50. The number of benzene rings is 1. The lowest BCUT2D eigenvalue weighted by atomic mass is 10.1. The highest BCUT2D eigenvalue weighted by atomic mass is 32.1. The number of hydrogen-bond acceptors (Lipinski definition) is 5. The maximum absolute atomic E-state index is 12.1. The summed E-state index contributed by atoms with van der Waals surface area (Å²) < 4.78 is 4.02. The molecule has 0 fully saturated rings. The summed E-state index contributed by atoms with van der Waals surface area (Å²) in [5.41, 5.74) is 2.54. The van der Waals surface area contributed by atoms with Crippen LogP contribution in [-0.2, 0) is 0 Å². The molecule has 1 aromatic heterocycles. The van der Waals surface area contributed by atoms with E-state index in [1.165, 1.54) is 11.5 Å². The number of carbonyl (C=O) groups excluding carboxylic acids is 1. The van der Waals surface area contributed by atoms with E-state index in [0.717, 1.165) is 11.3 Å². The van der Waals surface area contributed by atoms with E-state index in [4.69, 9.17) is 0 Å². The van der Waals surface area contributed by atoms with Gasteiger partial charge in [0.1, 0.15) is 5.82 Å². The van der Waals surface area contributed by atoms with Gasteiger partial charge in [-0.15, -0.1) is 0 Å². The molecule has 1 heterocycles. The van der Waals surface area contributed by atoms with Crippen molar-refractivity contribution in [3.8, 4) is 0 Å². The molecular weight excluding hydrogens is 248 g/mol. The van der Waals surface area contributed by atoms with Gasteiger partial charge in [-0.05, 0) is 37.6 Å². The van der Waals surface area contributed by atoms with Crippen molar-refractivity contribution in [2.45, 2.75) is 13.8 Å². The molecule has 0 saturated carbocycles. The maximum Gasteiger partial charge on any atom is 0.257 e. The lowest BCUT2D eigenvalue weighted by Gasteiger charge is -2.07. The van der Waals surface area contributed by atoms with Crippen LogP contribution in [0.15, 0.2) is 18.2 Å². The predicted molar refractivity (Wildman–Crippen MR) is 73.3 cm³/mol. The summed E-state index contributed by atoms with van der Waals surface area (Å²) in [6.45, 7) is 3.69. The van der Waals surface area contributed by atoms with E-state index < -0.39 is 0 Å². The Bertz CT molecular complexity index is 579. The second kappa shape index (κ2) is 5.14. The smallest absolute Gasteiger partial charge is 0.257 e. The molecule has 1 amide bonds. The van der Waals surface area contributed by atoms with Gasteiger partial charge in [0.05, 0.1) is 0 Å². The number of rotatable bonds is 3. The molecule has 2 N–H and O–H groups in total. The summed E-state index contributed by atoms with van der Waals surface area (Å²) in [5.74, 6) is 0.504. The molecule has 2 aromatic rings. The Kier molecular flexibility index (Phi) is 3.57. The quantitative estimate of drug-likeness (QED) is 0.891. The fraction of sp³-hybridized carbons (Fsp3) is 0.250. The average molecular weight is 262 g/mol.